The summed E-state index contributed by atoms with van der Waals surface area (Å²) in [7, 11) is -0.797. The van der Waals surface area contributed by atoms with E-state index in [0.29, 0.717) is 0 Å². The van der Waals surface area contributed by atoms with Gasteiger partial charge in [0.15, 0.2) is 0 Å². The first kappa shape index (κ1) is 11.9. The molecule has 0 spiro atoms. The van der Waals surface area contributed by atoms with E-state index >= 15 is 0 Å². The smallest absolute Gasteiger partial charge is 0.327 e. The van der Waals surface area contributed by atoms with Gasteiger partial charge in [-0.15, -0.1) is 0 Å². The standard InChI is InChI=1S/C6H11O7P/c7-1-2(8)4(10)6(13-14-12)5(11)3(1)9/h1-11H. The summed E-state index contributed by atoms with van der Waals surface area (Å²) < 4.78 is 14.5. The van der Waals surface area contributed by atoms with Gasteiger partial charge in [0.1, 0.15) is 36.6 Å². The molecule has 0 amide bonds. The fourth-order valence-electron chi connectivity index (χ4n) is 1.37. The monoisotopic (exact) mass is 226 g/mol. The first-order valence-corrected chi connectivity index (χ1v) is 4.62. The van der Waals surface area contributed by atoms with Crippen LogP contribution in [0.15, 0.2) is 0 Å². The summed E-state index contributed by atoms with van der Waals surface area (Å²) in [5, 5.41) is 46.0. The maximum absolute atomic E-state index is 10.1. The van der Waals surface area contributed by atoms with Crippen LogP contribution < -0.4 is 0 Å². The van der Waals surface area contributed by atoms with Gasteiger partial charge in [-0.25, -0.2) is 4.57 Å². The van der Waals surface area contributed by atoms with Gasteiger partial charge in [-0.05, 0) is 0 Å². The number of aliphatic hydroxyl groups is 5. The van der Waals surface area contributed by atoms with Gasteiger partial charge >= 0.3 is 8.69 Å². The predicted octanol–water partition coefficient (Wildman–Crippen LogP) is -2.60. The van der Waals surface area contributed by atoms with Crippen LogP contribution in [0, 0.1) is 0 Å². The maximum atomic E-state index is 10.1. The molecule has 0 heterocycles. The van der Waals surface area contributed by atoms with Crippen molar-refractivity contribution in [1.29, 1.82) is 0 Å². The molecule has 5 N–H and O–H groups in total. The minimum Gasteiger partial charge on any atom is -0.387 e. The summed E-state index contributed by atoms with van der Waals surface area (Å²) in [4.78, 5) is 0. The van der Waals surface area contributed by atoms with E-state index in [9.17, 15) is 25.0 Å². The Hall–Kier alpha value is -0.140. The number of aliphatic hydroxyl groups excluding tert-OH is 5. The second-order valence-electron chi connectivity index (χ2n) is 3.10. The normalized spacial score (nSPS) is 49.5. The molecule has 1 fully saturated rings. The van der Waals surface area contributed by atoms with Crippen molar-refractivity contribution < 1.29 is 34.6 Å². The molecule has 0 aromatic rings. The second kappa shape index (κ2) is 4.59. The summed E-state index contributed by atoms with van der Waals surface area (Å²) in [5.41, 5.74) is 0. The van der Waals surface area contributed by atoms with Gasteiger partial charge in [-0.1, -0.05) is 0 Å². The Morgan fingerprint density at radius 3 is 1.50 bits per heavy atom. The van der Waals surface area contributed by atoms with Crippen LogP contribution >= 0.6 is 8.69 Å². The van der Waals surface area contributed by atoms with Crippen molar-refractivity contribution in [2.24, 2.45) is 0 Å². The van der Waals surface area contributed by atoms with Gasteiger partial charge in [0.05, 0.1) is 0 Å². The van der Waals surface area contributed by atoms with E-state index in [-0.39, 0.29) is 0 Å². The lowest BCUT2D eigenvalue weighted by Gasteiger charge is -2.40. The molecule has 7 nitrogen and oxygen atoms in total. The third kappa shape index (κ3) is 1.94. The average Bonchev–Trinajstić information content (AvgIpc) is 2.19. The molecule has 1 aliphatic rings. The first-order valence-electron chi connectivity index (χ1n) is 3.89. The molecular weight excluding hydrogens is 215 g/mol. The summed E-state index contributed by atoms with van der Waals surface area (Å²) in [6.45, 7) is 0. The Kier molecular flexibility index (Phi) is 3.91. The predicted molar refractivity (Wildman–Crippen MR) is 42.5 cm³/mol. The molecule has 82 valence electrons. The maximum Gasteiger partial charge on any atom is 0.327 e. The van der Waals surface area contributed by atoms with Gasteiger partial charge in [0.25, 0.3) is 0 Å². The Morgan fingerprint density at radius 2 is 1.14 bits per heavy atom. The van der Waals surface area contributed by atoms with Gasteiger partial charge in [0.2, 0.25) is 0 Å². The van der Waals surface area contributed by atoms with Crippen LogP contribution in [-0.2, 0) is 9.09 Å². The van der Waals surface area contributed by atoms with Crippen LogP contribution in [0.2, 0.25) is 0 Å². The third-order valence-corrected chi connectivity index (χ3v) is 2.57. The van der Waals surface area contributed by atoms with E-state index < -0.39 is 45.3 Å². The lowest BCUT2D eigenvalue weighted by atomic mass is 9.85. The van der Waals surface area contributed by atoms with Crippen molar-refractivity contribution in [3.05, 3.63) is 0 Å². The minimum absolute atomic E-state index is 0.797. The molecule has 0 saturated heterocycles. The van der Waals surface area contributed by atoms with E-state index in [2.05, 4.69) is 4.52 Å². The Bertz CT molecular complexity index is 196. The zero-order valence-corrected chi connectivity index (χ0v) is 7.86. The molecule has 0 aromatic carbocycles. The highest BCUT2D eigenvalue weighted by atomic mass is 31.1. The van der Waals surface area contributed by atoms with Crippen LogP contribution in [-0.4, -0.2) is 62.2 Å². The molecule has 1 saturated carbocycles. The van der Waals surface area contributed by atoms with Crippen LogP contribution in [0.3, 0.4) is 0 Å². The highest BCUT2D eigenvalue weighted by Crippen LogP contribution is 2.25. The number of hydrogen-bond donors (Lipinski definition) is 5. The largest absolute Gasteiger partial charge is 0.387 e. The minimum atomic E-state index is -1.66. The van der Waals surface area contributed by atoms with Gasteiger partial charge < -0.3 is 25.5 Å². The van der Waals surface area contributed by atoms with Crippen molar-refractivity contribution in [1.82, 2.24) is 0 Å². The van der Waals surface area contributed by atoms with Crippen molar-refractivity contribution in [3.63, 3.8) is 0 Å². The SMILES string of the molecule is O=POC1C(O)C(O)C(O)C(O)C1O. The van der Waals surface area contributed by atoms with Gasteiger partial charge in [0, 0.05) is 0 Å². The van der Waals surface area contributed by atoms with Crippen molar-refractivity contribution in [2.75, 3.05) is 0 Å². The van der Waals surface area contributed by atoms with Crippen molar-refractivity contribution in [2.45, 2.75) is 36.6 Å². The zero-order chi connectivity index (χ0) is 10.9. The molecule has 1 rings (SSSR count). The fourth-order valence-corrected chi connectivity index (χ4v) is 1.72. The van der Waals surface area contributed by atoms with Gasteiger partial charge in [-0.3, -0.25) is 4.52 Å². The molecule has 8 heteroatoms. The summed E-state index contributed by atoms with van der Waals surface area (Å²) in [6, 6.07) is 0. The van der Waals surface area contributed by atoms with Crippen LogP contribution in [0.1, 0.15) is 0 Å². The van der Waals surface area contributed by atoms with Crippen LogP contribution in [0.25, 0.3) is 0 Å². The molecular formula is C6H11O7P. The average molecular weight is 226 g/mol. The highest BCUT2D eigenvalue weighted by molar-refractivity contribution is 7.17. The second-order valence-corrected chi connectivity index (χ2v) is 3.46. The van der Waals surface area contributed by atoms with E-state index in [1.165, 1.54) is 0 Å². The van der Waals surface area contributed by atoms with Crippen molar-refractivity contribution in [3.8, 4) is 0 Å². The topological polar surface area (TPSA) is 127 Å². The van der Waals surface area contributed by atoms with Crippen LogP contribution in [0.5, 0.6) is 0 Å². The zero-order valence-electron chi connectivity index (χ0n) is 6.96. The molecule has 4 atom stereocenters. The number of hydrogen-bond acceptors (Lipinski definition) is 7. The molecule has 1 aliphatic carbocycles. The van der Waals surface area contributed by atoms with E-state index in [1.54, 1.807) is 0 Å². The summed E-state index contributed by atoms with van der Waals surface area (Å²) in [5.74, 6) is 0. The Balaban J connectivity index is 2.80. The number of rotatable bonds is 2. The molecule has 0 aliphatic heterocycles. The highest BCUT2D eigenvalue weighted by Gasteiger charge is 2.49. The lowest BCUT2D eigenvalue weighted by Crippen LogP contribution is -2.63. The summed E-state index contributed by atoms with van der Waals surface area (Å²) in [6.07, 6.45) is -9.58. The molecule has 0 radical (unpaired) electrons. The molecule has 4 unspecified atom stereocenters. The van der Waals surface area contributed by atoms with E-state index in [1.807, 2.05) is 0 Å². The van der Waals surface area contributed by atoms with Crippen molar-refractivity contribution >= 4 is 8.69 Å². The Morgan fingerprint density at radius 1 is 0.786 bits per heavy atom. The van der Waals surface area contributed by atoms with E-state index in [0.717, 1.165) is 0 Å². The quantitative estimate of drug-likeness (QED) is 0.326. The van der Waals surface area contributed by atoms with E-state index in [4.69, 9.17) is 5.11 Å². The third-order valence-electron chi connectivity index (χ3n) is 2.24. The molecule has 0 bridgehead atoms. The Labute approximate surface area is 80.8 Å². The lowest BCUT2D eigenvalue weighted by molar-refractivity contribution is -0.215. The van der Waals surface area contributed by atoms with Crippen LogP contribution in [0.4, 0.5) is 0 Å². The first-order chi connectivity index (χ1) is 6.50. The molecule has 14 heavy (non-hydrogen) atoms. The fraction of sp³-hybridized carbons (Fsp3) is 1.00. The van der Waals surface area contributed by atoms with Gasteiger partial charge in [-0.2, -0.15) is 0 Å². The molecule has 0 aromatic heterocycles. The summed E-state index contributed by atoms with van der Waals surface area (Å²) >= 11 is 0.